The minimum Gasteiger partial charge on any atom is -0.457 e. The molecule has 6 rings (SSSR count). The summed E-state index contributed by atoms with van der Waals surface area (Å²) in [6.45, 7) is 10.7. The number of rotatable bonds is 23. The van der Waals surface area contributed by atoms with Gasteiger partial charge in [0.1, 0.15) is 79.4 Å². The van der Waals surface area contributed by atoms with Crippen LogP contribution >= 0.6 is 0 Å². The Kier molecular flexibility index (Phi) is 30.3. The van der Waals surface area contributed by atoms with Crippen molar-refractivity contribution in [2.45, 2.75) is 356 Å². The van der Waals surface area contributed by atoms with Gasteiger partial charge in [-0.15, -0.1) is 0 Å². The third-order valence-corrected chi connectivity index (χ3v) is 17.2. The molecule has 0 amide bonds. The van der Waals surface area contributed by atoms with Crippen LogP contribution in [0.25, 0.3) is 0 Å². The minimum atomic E-state index is -1.95. The zero-order valence-corrected chi connectivity index (χ0v) is 51.0. The van der Waals surface area contributed by atoms with Gasteiger partial charge in [0, 0.05) is 19.8 Å². The Bertz CT molecular complexity index is 1940. The zero-order valence-electron chi connectivity index (χ0n) is 51.0. The maximum Gasteiger partial charge on any atom is 0.306 e. The first-order valence-electron chi connectivity index (χ1n) is 31.8. The molecule has 25 nitrogen and oxygen atoms in total. The predicted octanol–water partition coefficient (Wildman–Crippen LogP) is 3.28. The van der Waals surface area contributed by atoms with E-state index >= 15 is 0 Å². The van der Waals surface area contributed by atoms with Crippen molar-refractivity contribution in [3.05, 3.63) is 0 Å². The van der Waals surface area contributed by atoms with Gasteiger partial charge in [-0.05, 0) is 53.4 Å². The first-order valence-corrected chi connectivity index (χ1v) is 31.8. The van der Waals surface area contributed by atoms with Crippen LogP contribution in [0.1, 0.15) is 196 Å². The van der Waals surface area contributed by atoms with E-state index < -0.39 is 178 Å². The molecule has 6 heterocycles. The summed E-state index contributed by atoms with van der Waals surface area (Å²) in [5.74, 6) is -2.23. The quantitative estimate of drug-likeness (QED) is 0.0403. The van der Waals surface area contributed by atoms with E-state index in [1.807, 2.05) is 0 Å². The van der Waals surface area contributed by atoms with E-state index in [4.69, 9.17) is 61.6 Å². The number of aliphatic hydroxyl groups excluding tert-OH is 9. The van der Waals surface area contributed by atoms with Crippen LogP contribution in [0.3, 0.4) is 0 Å². The van der Waals surface area contributed by atoms with E-state index in [-0.39, 0.29) is 18.9 Å². The molecule has 6 saturated heterocycles. The van der Waals surface area contributed by atoms with Gasteiger partial charge in [0.2, 0.25) is 0 Å². The number of fused-ring (bicyclic) bond motifs is 2. The number of hydrogen-bond donors (Lipinski definition) is 9. The lowest BCUT2D eigenvalue weighted by atomic mass is 9.95. The molecule has 6 aliphatic rings. The van der Waals surface area contributed by atoms with Crippen molar-refractivity contribution in [1.82, 2.24) is 0 Å². The first kappa shape index (κ1) is 71.7. The average molecular weight is 1230 g/mol. The lowest BCUT2D eigenvalue weighted by molar-refractivity contribution is -0.395. The Morgan fingerprint density at radius 1 is 0.471 bits per heavy atom. The standard InChI is InChI=1S/C60H104O25/c1-8-10-12-13-14-15-18-21-25-29-39(63)80-53-47(71)51(83-60-55(46(70)49(33(4)74-60)77-36(7)62)84-56-45(69)43(67)42(66)38(31-61)79-56)34(5)75-58(53)82-50-35(6)76-59-54(48(50)72)81-40(64)30-26-22-19-16-17-20-24-28-37(27-23-11-9-2)78-57-52(85-59)44(68)41(65)32(3)73-57/h32-35,37-38,41-61,65-72H,8-31H2,1-7H3/t32-,33+,34+,35+,37?,38-,41-,42-,43+,44+,45-,46-,47-,48-,49+,50+,51+,52-,53-,54-,55-,56+,57+,58+,59+,60+/m1/s1. The van der Waals surface area contributed by atoms with E-state index in [9.17, 15) is 60.3 Å². The molecule has 0 bridgehead atoms. The van der Waals surface area contributed by atoms with Crippen LogP contribution in [0.15, 0.2) is 0 Å². The van der Waals surface area contributed by atoms with Crippen LogP contribution < -0.4 is 0 Å². The first-order chi connectivity index (χ1) is 40.7. The Morgan fingerprint density at radius 3 is 1.65 bits per heavy atom. The summed E-state index contributed by atoms with van der Waals surface area (Å²) in [5.41, 5.74) is 0. The van der Waals surface area contributed by atoms with Crippen molar-refractivity contribution in [3.63, 3.8) is 0 Å². The number of hydrogen-bond acceptors (Lipinski definition) is 25. The van der Waals surface area contributed by atoms with Crippen molar-refractivity contribution < 1.29 is 122 Å². The summed E-state index contributed by atoms with van der Waals surface area (Å²) in [5, 5.41) is 102. The van der Waals surface area contributed by atoms with E-state index in [2.05, 4.69) is 13.8 Å². The molecular formula is C60H104O25. The van der Waals surface area contributed by atoms with Gasteiger partial charge in [-0.1, -0.05) is 123 Å². The van der Waals surface area contributed by atoms with E-state index in [1.54, 1.807) is 6.92 Å². The SMILES string of the molecule is CCCCCCCCCCCC(=O)O[C@H]1[C@H](O[C@@H]2[C@@H](O)[C@H]3OC(=O)CCCCCCCCCC(CCCCC)O[C@@H]4O[C@H](C)[C@@H](O)[C@H](O)[C@H]4O[C@@H]3O[C@H]2C)O[C@@H](C)[C@H](O[C@@H]2O[C@@H](C)[C@H](OC(C)=O)[C@@H](O)[C@H]2O[C@@H]2O[C@H](CO)[C@@H](O)[C@H](O)[C@H]2O)[C@H]1O. The van der Waals surface area contributed by atoms with E-state index in [1.165, 1.54) is 27.2 Å². The molecule has 25 heteroatoms. The second-order valence-corrected chi connectivity index (χ2v) is 24.2. The van der Waals surface area contributed by atoms with Gasteiger partial charge >= 0.3 is 17.9 Å². The molecule has 6 fully saturated rings. The Hall–Kier alpha value is -2.35. The van der Waals surface area contributed by atoms with Crippen LogP contribution in [0.5, 0.6) is 0 Å². The molecule has 0 aromatic heterocycles. The van der Waals surface area contributed by atoms with Gasteiger partial charge in [0.25, 0.3) is 0 Å². The molecule has 1 unspecified atom stereocenters. The maximum atomic E-state index is 13.9. The molecule has 6 aliphatic heterocycles. The largest absolute Gasteiger partial charge is 0.457 e. The smallest absolute Gasteiger partial charge is 0.306 e. The highest BCUT2D eigenvalue weighted by atomic mass is 16.8. The van der Waals surface area contributed by atoms with Crippen molar-refractivity contribution in [2.75, 3.05) is 6.61 Å². The predicted molar refractivity (Wildman–Crippen MR) is 298 cm³/mol. The third-order valence-electron chi connectivity index (χ3n) is 17.2. The molecule has 85 heavy (non-hydrogen) atoms. The van der Waals surface area contributed by atoms with Gasteiger partial charge in [-0.2, -0.15) is 0 Å². The summed E-state index contributed by atoms with van der Waals surface area (Å²) in [4.78, 5) is 39.9. The van der Waals surface area contributed by atoms with Gasteiger partial charge in [-0.25, -0.2) is 0 Å². The third kappa shape index (κ3) is 20.3. The molecule has 0 spiro atoms. The fraction of sp³-hybridized carbons (Fsp3) is 0.950. The minimum absolute atomic E-state index is 0.0132. The van der Waals surface area contributed by atoms with Gasteiger partial charge in [0.15, 0.2) is 49.8 Å². The fourth-order valence-electron chi connectivity index (χ4n) is 12.1. The number of ether oxygens (including phenoxy) is 13. The van der Waals surface area contributed by atoms with Gasteiger partial charge in [-0.3, -0.25) is 14.4 Å². The Labute approximate surface area is 500 Å². The highest BCUT2D eigenvalue weighted by Gasteiger charge is 2.58. The summed E-state index contributed by atoms with van der Waals surface area (Å²) in [6, 6.07) is 0. The molecule has 9 N–H and O–H groups in total. The summed E-state index contributed by atoms with van der Waals surface area (Å²) < 4.78 is 80.4. The number of aliphatic hydroxyl groups is 9. The monoisotopic (exact) mass is 1220 g/mol. The molecule has 0 aromatic carbocycles. The molecule has 494 valence electrons. The van der Waals surface area contributed by atoms with Crippen LogP contribution in [0.4, 0.5) is 0 Å². The number of carbonyl (C=O) groups excluding carboxylic acids is 3. The zero-order chi connectivity index (χ0) is 61.9. The summed E-state index contributed by atoms with van der Waals surface area (Å²) in [7, 11) is 0. The van der Waals surface area contributed by atoms with Gasteiger partial charge < -0.3 is 108 Å². The number of unbranched alkanes of at least 4 members (excludes halogenated alkanes) is 10. The molecule has 0 aliphatic carbocycles. The maximum absolute atomic E-state index is 13.9. The average Bonchev–Trinajstić information content (AvgIpc) is 2.63. The van der Waals surface area contributed by atoms with Crippen LogP contribution in [-0.4, -0.2) is 230 Å². The molecule has 0 aromatic rings. The lowest BCUT2D eigenvalue weighted by Crippen LogP contribution is -2.67. The Balaban J connectivity index is 1.27. The van der Waals surface area contributed by atoms with E-state index in [0.29, 0.717) is 12.8 Å². The molecule has 26 atom stereocenters. The van der Waals surface area contributed by atoms with Crippen molar-refractivity contribution in [3.8, 4) is 0 Å². The summed E-state index contributed by atoms with van der Waals surface area (Å²) in [6.07, 6.45) is -20.2. The van der Waals surface area contributed by atoms with Crippen LogP contribution in [-0.2, 0) is 76.0 Å². The highest BCUT2D eigenvalue weighted by molar-refractivity contribution is 5.70. The van der Waals surface area contributed by atoms with Crippen LogP contribution in [0, 0.1) is 0 Å². The molecule has 0 radical (unpaired) electrons. The van der Waals surface area contributed by atoms with Crippen LogP contribution in [0.2, 0.25) is 0 Å². The number of carbonyl (C=O) groups is 3. The van der Waals surface area contributed by atoms with Gasteiger partial charge in [0.05, 0.1) is 37.1 Å². The summed E-state index contributed by atoms with van der Waals surface area (Å²) >= 11 is 0. The lowest BCUT2D eigenvalue weighted by Gasteiger charge is -2.50. The van der Waals surface area contributed by atoms with Crippen molar-refractivity contribution in [2.24, 2.45) is 0 Å². The van der Waals surface area contributed by atoms with Crippen molar-refractivity contribution >= 4 is 17.9 Å². The highest BCUT2D eigenvalue weighted by Crippen LogP contribution is 2.39. The van der Waals surface area contributed by atoms with E-state index in [0.717, 1.165) is 122 Å². The molecule has 0 saturated carbocycles. The number of esters is 3. The normalized spacial score (nSPS) is 42.0. The second-order valence-electron chi connectivity index (χ2n) is 24.2. The Morgan fingerprint density at radius 2 is 1.00 bits per heavy atom. The second kappa shape index (κ2) is 35.9. The fourth-order valence-corrected chi connectivity index (χ4v) is 12.1. The van der Waals surface area contributed by atoms with Crippen molar-refractivity contribution in [1.29, 1.82) is 0 Å². The topological polar surface area (TPSA) is 353 Å². The molecular weight excluding hydrogens is 1120 g/mol.